The highest BCUT2D eigenvalue weighted by atomic mass is 28.3. The lowest BCUT2D eigenvalue weighted by atomic mass is 10.4. The summed E-state index contributed by atoms with van der Waals surface area (Å²) in [5, 5.41) is 3.26. The molecular formula is C16H18Si. The molecule has 0 spiro atoms. The van der Waals surface area contributed by atoms with Crippen LogP contribution in [0.25, 0.3) is 0 Å². The Labute approximate surface area is 104 Å². The molecule has 2 aromatic carbocycles. The highest BCUT2D eigenvalue weighted by molar-refractivity contribution is 7.02. The zero-order valence-corrected chi connectivity index (χ0v) is 11.1. The molecule has 2 aromatic rings. The zero-order valence-electron chi connectivity index (χ0n) is 10.1. The normalized spacial score (nSPS) is 18.1. The third-order valence-electron chi connectivity index (χ3n) is 4.11. The summed E-state index contributed by atoms with van der Waals surface area (Å²) in [6, 6.07) is 25.3. The van der Waals surface area contributed by atoms with Gasteiger partial charge in [0, 0.05) is 0 Å². The van der Waals surface area contributed by atoms with Crippen molar-refractivity contribution in [3.05, 3.63) is 60.7 Å². The van der Waals surface area contributed by atoms with Crippen LogP contribution in [0.1, 0.15) is 12.8 Å². The van der Waals surface area contributed by atoms with Gasteiger partial charge in [0.1, 0.15) is 8.07 Å². The Hall–Kier alpha value is -1.34. The summed E-state index contributed by atoms with van der Waals surface area (Å²) in [5.41, 5.74) is 0. The van der Waals surface area contributed by atoms with Gasteiger partial charge >= 0.3 is 0 Å². The van der Waals surface area contributed by atoms with Crippen molar-refractivity contribution in [2.45, 2.75) is 24.9 Å². The van der Waals surface area contributed by atoms with Gasteiger partial charge < -0.3 is 0 Å². The van der Waals surface area contributed by atoms with Gasteiger partial charge in [-0.05, 0) is 12.1 Å². The Morgan fingerprint density at radius 1 is 0.588 bits per heavy atom. The van der Waals surface area contributed by atoms with Crippen molar-refractivity contribution in [1.82, 2.24) is 0 Å². The van der Waals surface area contributed by atoms with Crippen LogP contribution in [0.5, 0.6) is 0 Å². The highest BCUT2D eigenvalue weighted by Gasteiger charge is 2.39. The number of benzene rings is 2. The molecular weight excluding hydrogens is 220 g/mol. The molecule has 1 heterocycles. The van der Waals surface area contributed by atoms with Crippen LogP contribution < -0.4 is 10.4 Å². The molecule has 0 atom stereocenters. The van der Waals surface area contributed by atoms with E-state index in [0.717, 1.165) is 0 Å². The fourth-order valence-corrected chi connectivity index (χ4v) is 8.34. The molecule has 0 aliphatic carbocycles. The first-order chi connectivity index (χ1) is 8.42. The van der Waals surface area contributed by atoms with Crippen LogP contribution >= 0.6 is 0 Å². The molecule has 1 saturated heterocycles. The van der Waals surface area contributed by atoms with Crippen molar-refractivity contribution in [2.24, 2.45) is 0 Å². The minimum atomic E-state index is -1.38. The van der Waals surface area contributed by atoms with E-state index in [1.807, 2.05) is 0 Å². The molecule has 0 amide bonds. The Morgan fingerprint density at radius 2 is 1.00 bits per heavy atom. The van der Waals surface area contributed by atoms with Crippen molar-refractivity contribution < 1.29 is 0 Å². The van der Waals surface area contributed by atoms with Gasteiger partial charge in [-0.1, -0.05) is 83.9 Å². The first-order valence-electron chi connectivity index (χ1n) is 6.53. The first kappa shape index (κ1) is 10.8. The van der Waals surface area contributed by atoms with Crippen molar-refractivity contribution in [3.8, 4) is 0 Å². The third-order valence-corrected chi connectivity index (χ3v) is 9.40. The monoisotopic (exact) mass is 238 g/mol. The largest absolute Gasteiger partial charge is 0.118 e. The average molecular weight is 238 g/mol. The van der Waals surface area contributed by atoms with Crippen molar-refractivity contribution in [3.63, 3.8) is 0 Å². The molecule has 1 fully saturated rings. The maximum atomic E-state index is 2.35. The summed E-state index contributed by atoms with van der Waals surface area (Å²) in [6.45, 7) is 0. The van der Waals surface area contributed by atoms with Gasteiger partial charge in [0.25, 0.3) is 0 Å². The van der Waals surface area contributed by atoms with Gasteiger partial charge in [-0.25, -0.2) is 0 Å². The third kappa shape index (κ3) is 1.85. The van der Waals surface area contributed by atoms with Crippen molar-refractivity contribution >= 4 is 18.4 Å². The van der Waals surface area contributed by atoms with E-state index in [4.69, 9.17) is 0 Å². The zero-order chi connectivity index (χ0) is 11.6. The van der Waals surface area contributed by atoms with Crippen LogP contribution in [0.3, 0.4) is 0 Å². The van der Waals surface area contributed by atoms with E-state index in [1.54, 1.807) is 10.4 Å². The molecule has 3 rings (SSSR count). The number of hydrogen-bond acceptors (Lipinski definition) is 0. The summed E-state index contributed by atoms with van der Waals surface area (Å²) in [6.07, 6.45) is 2.83. The quantitative estimate of drug-likeness (QED) is 0.706. The van der Waals surface area contributed by atoms with E-state index in [9.17, 15) is 0 Å². The summed E-state index contributed by atoms with van der Waals surface area (Å²) >= 11 is 0. The summed E-state index contributed by atoms with van der Waals surface area (Å²) in [4.78, 5) is 0. The lowest BCUT2D eigenvalue weighted by molar-refractivity contribution is 0.935. The molecule has 1 heteroatoms. The topological polar surface area (TPSA) is 0 Å². The van der Waals surface area contributed by atoms with Crippen LogP contribution in [0, 0.1) is 0 Å². The fraction of sp³-hybridized carbons (Fsp3) is 0.250. The van der Waals surface area contributed by atoms with E-state index in [2.05, 4.69) is 60.7 Å². The first-order valence-corrected chi connectivity index (χ1v) is 8.94. The van der Waals surface area contributed by atoms with Crippen molar-refractivity contribution in [2.75, 3.05) is 0 Å². The highest BCUT2D eigenvalue weighted by Crippen LogP contribution is 2.29. The Balaban J connectivity index is 2.11. The molecule has 0 unspecified atom stereocenters. The molecule has 0 saturated carbocycles. The fourth-order valence-electron chi connectivity index (χ4n) is 3.24. The second-order valence-electron chi connectivity index (χ2n) is 5.02. The van der Waals surface area contributed by atoms with Gasteiger partial charge in [0.15, 0.2) is 0 Å². The van der Waals surface area contributed by atoms with Gasteiger partial charge in [-0.15, -0.1) is 0 Å². The maximum Gasteiger partial charge on any atom is 0.118 e. The lowest BCUT2D eigenvalue weighted by Crippen LogP contribution is -2.55. The molecule has 0 nitrogen and oxygen atoms in total. The Morgan fingerprint density at radius 3 is 1.41 bits per heavy atom. The molecule has 17 heavy (non-hydrogen) atoms. The summed E-state index contributed by atoms with van der Waals surface area (Å²) in [5.74, 6) is 0. The molecule has 0 radical (unpaired) electrons. The standard InChI is InChI=1S/C16H18Si/c1-3-9-15(10-4-1)17(13-7-8-14-17)16-11-5-2-6-12-16/h1-6,9-12H,7-8,13-14H2. The molecule has 0 aromatic heterocycles. The minimum absolute atomic E-state index is 1.38. The molecule has 0 N–H and O–H groups in total. The van der Waals surface area contributed by atoms with Crippen LogP contribution in [0.15, 0.2) is 60.7 Å². The maximum absolute atomic E-state index is 2.35. The van der Waals surface area contributed by atoms with Crippen LogP contribution in [-0.2, 0) is 0 Å². The van der Waals surface area contributed by atoms with E-state index < -0.39 is 8.07 Å². The predicted octanol–water partition coefficient (Wildman–Crippen LogP) is 3.04. The summed E-state index contributed by atoms with van der Waals surface area (Å²) in [7, 11) is -1.38. The average Bonchev–Trinajstić information content (AvgIpc) is 2.91. The lowest BCUT2D eigenvalue weighted by Gasteiger charge is -2.27. The van der Waals surface area contributed by atoms with Crippen LogP contribution in [0.4, 0.5) is 0 Å². The molecule has 1 aliphatic heterocycles. The van der Waals surface area contributed by atoms with Gasteiger partial charge in [-0.3, -0.25) is 0 Å². The Kier molecular flexibility index (Phi) is 2.85. The van der Waals surface area contributed by atoms with Crippen molar-refractivity contribution in [1.29, 1.82) is 0 Å². The van der Waals surface area contributed by atoms with E-state index in [0.29, 0.717) is 0 Å². The SMILES string of the molecule is c1ccc([Si]2(c3ccccc3)CCCC2)cc1. The van der Waals surface area contributed by atoms with E-state index in [-0.39, 0.29) is 0 Å². The van der Waals surface area contributed by atoms with Gasteiger partial charge in [0.05, 0.1) is 0 Å². The van der Waals surface area contributed by atoms with Gasteiger partial charge in [0.2, 0.25) is 0 Å². The number of rotatable bonds is 2. The molecule has 86 valence electrons. The van der Waals surface area contributed by atoms with E-state index in [1.165, 1.54) is 24.9 Å². The summed E-state index contributed by atoms with van der Waals surface area (Å²) < 4.78 is 0. The number of hydrogen-bond donors (Lipinski definition) is 0. The minimum Gasteiger partial charge on any atom is -0.0626 e. The van der Waals surface area contributed by atoms with Gasteiger partial charge in [-0.2, -0.15) is 0 Å². The smallest absolute Gasteiger partial charge is 0.0626 e. The van der Waals surface area contributed by atoms with E-state index >= 15 is 0 Å². The molecule has 1 aliphatic rings. The Bertz CT molecular complexity index is 428. The second kappa shape index (κ2) is 4.50. The van der Waals surface area contributed by atoms with Crippen LogP contribution in [0.2, 0.25) is 12.1 Å². The predicted molar refractivity (Wildman–Crippen MR) is 76.8 cm³/mol. The second-order valence-corrected chi connectivity index (χ2v) is 9.34. The molecule has 0 bridgehead atoms. The van der Waals surface area contributed by atoms with Crippen LogP contribution in [-0.4, -0.2) is 8.07 Å².